The van der Waals surface area contributed by atoms with Crippen LogP contribution in [0.15, 0.2) is 103 Å². The van der Waals surface area contributed by atoms with Gasteiger partial charge < -0.3 is 9.64 Å². The third kappa shape index (κ3) is 3.05. The van der Waals surface area contributed by atoms with Crippen molar-refractivity contribution >= 4 is 39.0 Å². The number of hydrogen-bond donors (Lipinski definition) is 0. The predicted octanol–water partition coefficient (Wildman–Crippen LogP) is 8.00. The first-order chi connectivity index (χ1) is 18.4. The van der Waals surface area contributed by atoms with Gasteiger partial charge in [-0.2, -0.15) is 0 Å². The molecular weight excluding hydrogens is 472 g/mol. The van der Waals surface area contributed by atoms with E-state index in [-0.39, 0.29) is 10.6 Å². The normalized spacial score (nSPS) is 19.3. The molecule has 1 unspecified atom stereocenters. The van der Waals surface area contributed by atoms with Crippen molar-refractivity contribution in [3.63, 3.8) is 0 Å². The zero-order chi connectivity index (χ0) is 26.1. The number of nitrogens with zero attached hydrogens (tertiary/aromatic N) is 2. The maximum Gasteiger partial charge on any atom is 0.270 e. The van der Waals surface area contributed by atoms with Crippen LogP contribution in [0.25, 0.3) is 27.6 Å². The molecule has 0 bridgehead atoms. The van der Waals surface area contributed by atoms with E-state index in [2.05, 4.69) is 104 Å². The Balaban J connectivity index is 1.46. The lowest BCUT2D eigenvalue weighted by Gasteiger charge is -2.48. The Morgan fingerprint density at radius 3 is 2.24 bits per heavy atom. The van der Waals surface area contributed by atoms with Crippen molar-refractivity contribution in [2.24, 2.45) is 0 Å². The molecular formula is C33H26N2O3. The Morgan fingerprint density at radius 1 is 0.868 bits per heavy atom. The van der Waals surface area contributed by atoms with Gasteiger partial charge in [0.1, 0.15) is 5.75 Å². The quantitative estimate of drug-likeness (QED) is 0.144. The van der Waals surface area contributed by atoms with Crippen LogP contribution in [-0.2, 0) is 12.0 Å². The van der Waals surface area contributed by atoms with Crippen molar-refractivity contribution in [2.45, 2.75) is 31.5 Å². The molecule has 0 saturated heterocycles. The maximum atomic E-state index is 11.5. The number of nitro groups is 1. The summed E-state index contributed by atoms with van der Waals surface area (Å²) in [4.78, 5) is 13.4. The van der Waals surface area contributed by atoms with Crippen LogP contribution in [0.4, 0.5) is 11.4 Å². The maximum absolute atomic E-state index is 11.5. The van der Waals surface area contributed by atoms with Gasteiger partial charge in [0.2, 0.25) is 5.72 Å². The smallest absolute Gasteiger partial charge is 0.270 e. The largest absolute Gasteiger partial charge is 0.463 e. The Hall–Kier alpha value is -4.64. The lowest BCUT2D eigenvalue weighted by Crippen LogP contribution is -2.60. The molecule has 5 heteroatoms. The summed E-state index contributed by atoms with van der Waals surface area (Å²) in [5.41, 5.74) is 3.09. The van der Waals surface area contributed by atoms with Gasteiger partial charge in [0.25, 0.3) is 5.69 Å². The molecule has 2 aliphatic heterocycles. The lowest BCUT2D eigenvalue weighted by atomic mass is 9.76. The molecule has 0 N–H and O–H groups in total. The summed E-state index contributed by atoms with van der Waals surface area (Å²) in [6.45, 7) is 4.94. The van der Waals surface area contributed by atoms with Gasteiger partial charge in [0.15, 0.2) is 0 Å². The average Bonchev–Trinajstić information content (AvgIpc) is 3.12. The topological polar surface area (TPSA) is 55.6 Å². The van der Waals surface area contributed by atoms with E-state index in [9.17, 15) is 10.1 Å². The highest BCUT2D eigenvalue weighted by Crippen LogP contribution is 2.56. The van der Waals surface area contributed by atoms with Crippen LogP contribution in [0.1, 0.15) is 30.5 Å². The number of fused-ring (bicyclic) bond motifs is 6. The summed E-state index contributed by atoms with van der Waals surface area (Å²) in [7, 11) is 0. The SMILES string of the molecule is CC1(C)c2ccccc2N2Cc3cc([N+](=O)[O-])ccc3OC21/C=C/c1c2ccccc2cc2ccccc12. The molecule has 0 aliphatic carbocycles. The molecule has 38 heavy (non-hydrogen) atoms. The standard InChI is InChI=1S/C33H26N2O3/c1-32(2)29-13-7-8-14-30(29)34-21-24-20-25(35(36)37)15-16-31(24)38-33(32,34)18-17-28-26-11-5-3-9-22(26)19-23-10-4-6-12-27(23)28/h3-20H,21H2,1-2H3/b18-17+. The highest BCUT2D eigenvalue weighted by atomic mass is 16.6. The minimum absolute atomic E-state index is 0.0735. The van der Waals surface area contributed by atoms with Crippen LogP contribution in [0, 0.1) is 10.1 Å². The van der Waals surface area contributed by atoms with E-state index in [1.165, 1.54) is 33.2 Å². The second kappa shape index (κ2) is 7.93. The van der Waals surface area contributed by atoms with Crippen LogP contribution >= 0.6 is 0 Å². The second-order valence-corrected chi connectivity index (χ2v) is 10.6. The number of anilines is 1. The van der Waals surface area contributed by atoms with Crippen LogP contribution in [0.3, 0.4) is 0 Å². The molecule has 0 radical (unpaired) electrons. The van der Waals surface area contributed by atoms with Crippen molar-refractivity contribution in [2.75, 3.05) is 4.90 Å². The molecule has 1 atom stereocenters. The number of non-ortho nitro benzene ring substituents is 1. The number of benzene rings is 5. The molecule has 5 aromatic carbocycles. The summed E-state index contributed by atoms with van der Waals surface area (Å²) < 4.78 is 6.94. The number of nitro benzene ring substituents is 1. The molecule has 186 valence electrons. The van der Waals surface area contributed by atoms with Gasteiger partial charge in [-0.25, -0.2) is 0 Å². The Kier molecular flexibility index (Phi) is 4.70. The van der Waals surface area contributed by atoms with Crippen LogP contribution in [-0.4, -0.2) is 10.6 Å². The van der Waals surface area contributed by atoms with Crippen molar-refractivity contribution < 1.29 is 9.66 Å². The molecule has 0 aromatic heterocycles. The van der Waals surface area contributed by atoms with E-state index in [1.54, 1.807) is 12.1 Å². The number of para-hydroxylation sites is 1. The van der Waals surface area contributed by atoms with Gasteiger partial charge in [-0.1, -0.05) is 72.8 Å². The molecule has 5 nitrogen and oxygen atoms in total. The lowest BCUT2D eigenvalue weighted by molar-refractivity contribution is -0.385. The van der Waals surface area contributed by atoms with Gasteiger partial charge in [-0.15, -0.1) is 0 Å². The molecule has 0 amide bonds. The van der Waals surface area contributed by atoms with E-state index in [0.717, 1.165) is 16.8 Å². The van der Waals surface area contributed by atoms with Crippen molar-refractivity contribution in [3.8, 4) is 5.75 Å². The molecule has 0 spiro atoms. The van der Waals surface area contributed by atoms with E-state index in [4.69, 9.17) is 4.74 Å². The van der Waals surface area contributed by atoms with Crippen molar-refractivity contribution in [1.82, 2.24) is 0 Å². The second-order valence-electron chi connectivity index (χ2n) is 10.6. The third-order valence-corrected chi connectivity index (χ3v) is 8.30. The fourth-order valence-corrected chi connectivity index (χ4v) is 6.33. The van der Waals surface area contributed by atoms with E-state index in [1.807, 2.05) is 6.07 Å². The predicted molar refractivity (Wildman–Crippen MR) is 153 cm³/mol. The van der Waals surface area contributed by atoms with E-state index >= 15 is 0 Å². The first-order valence-corrected chi connectivity index (χ1v) is 12.8. The zero-order valence-corrected chi connectivity index (χ0v) is 21.2. The summed E-state index contributed by atoms with van der Waals surface area (Å²) in [6, 6.07) is 32.5. The van der Waals surface area contributed by atoms with Gasteiger partial charge >= 0.3 is 0 Å². The minimum Gasteiger partial charge on any atom is -0.463 e. The average molecular weight is 499 g/mol. The number of rotatable bonds is 3. The van der Waals surface area contributed by atoms with Crippen LogP contribution in [0.2, 0.25) is 0 Å². The van der Waals surface area contributed by atoms with Crippen molar-refractivity contribution in [1.29, 1.82) is 0 Å². The number of ether oxygens (including phenoxy) is 1. The monoisotopic (exact) mass is 498 g/mol. The van der Waals surface area contributed by atoms with Gasteiger partial charge in [0.05, 0.1) is 16.9 Å². The summed E-state index contributed by atoms with van der Waals surface area (Å²) in [6.07, 6.45) is 4.41. The minimum atomic E-state index is -0.822. The van der Waals surface area contributed by atoms with Gasteiger partial charge in [-0.3, -0.25) is 10.1 Å². The van der Waals surface area contributed by atoms with E-state index < -0.39 is 11.1 Å². The van der Waals surface area contributed by atoms with Crippen LogP contribution < -0.4 is 9.64 Å². The highest BCUT2D eigenvalue weighted by molar-refractivity contribution is 6.06. The summed E-state index contributed by atoms with van der Waals surface area (Å²) >= 11 is 0. The van der Waals surface area contributed by atoms with Crippen molar-refractivity contribution in [3.05, 3.63) is 130 Å². The zero-order valence-electron chi connectivity index (χ0n) is 21.2. The fourth-order valence-electron chi connectivity index (χ4n) is 6.33. The molecule has 5 aromatic rings. The molecule has 2 heterocycles. The number of hydrogen-bond acceptors (Lipinski definition) is 4. The Bertz CT molecular complexity index is 1750. The first kappa shape index (κ1) is 22.5. The molecule has 0 saturated carbocycles. The van der Waals surface area contributed by atoms with E-state index in [0.29, 0.717) is 12.3 Å². The summed E-state index contributed by atoms with van der Waals surface area (Å²) in [5, 5.41) is 16.2. The third-order valence-electron chi connectivity index (χ3n) is 8.30. The Labute approximate surface area is 220 Å². The molecule has 7 rings (SSSR count). The fraction of sp³-hybridized carbons (Fsp3) is 0.152. The highest BCUT2D eigenvalue weighted by Gasteiger charge is 2.59. The Morgan fingerprint density at radius 2 is 1.53 bits per heavy atom. The molecule has 2 aliphatic rings. The van der Waals surface area contributed by atoms with Gasteiger partial charge in [-0.05, 0) is 70.8 Å². The first-order valence-electron chi connectivity index (χ1n) is 12.8. The molecule has 0 fully saturated rings. The van der Waals surface area contributed by atoms with Crippen LogP contribution in [0.5, 0.6) is 5.75 Å². The summed E-state index contributed by atoms with van der Waals surface area (Å²) in [5.74, 6) is 0.681. The van der Waals surface area contributed by atoms with Gasteiger partial charge in [0, 0.05) is 23.4 Å².